The van der Waals surface area contributed by atoms with Gasteiger partial charge in [0.1, 0.15) is 11.9 Å². The number of halogens is 1. The van der Waals surface area contributed by atoms with Gasteiger partial charge in [-0.15, -0.1) is 0 Å². The molecule has 0 spiro atoms. The number of amides is 2. The van der Waals surface area contributed by atoms with Gasteiger partial charge >= 0.3 is 0 Å². The lowest BCUT2D eigenvalue weighted by atomic mass is 9.49. The summed E-state index contributed by atoms with van der Waals surface area (Å²) in [5, 5.41) is 0. The molecule has 5 nitrogen and oxygen atoms in total. The first-order valence-corrected chi connectivity index (χ1v) is 12.6. The Morgan fingerprint density at radius 1 is 0.844 bits per heavy atom. The third kappa shape index (κ3) is 3.41. The van der Waals surface area contributed by atoms with Crippen molar-refractivity contribution in [3.63, 3.8) is 0 Å². The van der Waals surface area contributed by atoms with Gasteiger partial charge in [0.25, 0.3) is 0 Å². The van der Waals surface area contributed by atoms with E-state index in [1.54, 1.807) is 12.1 Å². The highest BCUT2D eigenvalue weighted by atomic mass is 19.1. The molecular weight excluding hydrogens is 405 g/mol. The number of likely N-dealkylation sites (tertiary alicyclic amines) is 1. The maximum absolute atomic E-state index is 13.9. The average molecular weight is 440 g/mol. The van der Waals surface area contributed by atoms with Crippen LogP contribution in [0.3, 0.4) is 0 Å². The van der Waals surface area contributed by atoms with Crippen molar-refractivity contribution in [2.75, 3.05) is 37.6 Å². The highest BCUT2D eigenvalue weighted by Gasteiger charge is 2.57. The zero-order chi connectivity index (χ0) is 21.9. The molecule has 6 fully saturated rings. The quantitative estimate of drug-likeness (QED) is 0.722. The van der Waals surface area contributed by atoms with E-state index in [4.69, 9.17) is 0 Å². The largest absolute Gasteiger partial charge is 0.368 e. The van der Waals surface area contributed by atoms with Crippen LogP contribution in [0, 0.1) is 29.0 Å². The highest BCUT2D eigenvalue weighted by Crippen LogP contribution is 2.60. The number of rotatable bonds is 3. The van der Waals surface area contributed by atoms with E-state index in [-0.39, 0.29) is 23.2 Å². The first-order valence-electron chi connectivity index (χ1n) is 12.6. The Balaban J connectivity index is 1.12. The number of carbonyl (C=O) groups is 2. The van der Waals surface area contributed by atoms with Gasteiger partial charge in [-0.2, -0.15) is 0 Å². The number of anilines is 1. The van der Waals surface area contributed by atoms with E-state index in [0.717, 1.165) is 75.2 Å². The molecule has 6 aliphatic rings. The fourth-order valence-corrected chi connectivity index (χ4v) is 7.99. The molecule has 2 saturated heterocycles. The van der Waals surface area contributed by atoms with Crippen molar-refractivity contribution in [2.45, 2.75) is 57.4 Å². The van der Waals surface area contributed by atoms with E-state index in [1.165, 1.54) is 31.4 Å². The van der Waals surface area contributed by atoms with Gasteiger partial charge in [0.15, 0.2) is 0 Å². The number of piperazine rings is 1. The maximum Gasteiger partial charge on any atom is 0.245 e. The molecule has 7 rings (SSSR count). The molecule has 0 radical (unpaired) electrons. The van der Waals surface area contributed by atoms with E-state index < -0.39 is 0 Å². The van der Waals surface area contributed by atoms with E-state index in [2.05, 4.69) is 4.90 Å². The summed E-state index contributed by atoms with van der Waals surface area (Å²) in [5.41, 5.74) is 0.830. The monoisotopic (exact) mass is 439 g/mol. The first-order chi connectivity index (χ1) is 15.5. The van der Waals surface area contributed by atoms with Crippen LogP contribution in [0.15, 0.2) is 24.3 Å². The number of benzene rings is 1. The first kappa shape index (κ1) is 20.5. The number of carbonyl (C=O) groups excluding carboxylic acids is 2. The van der Waals surface area contributed by atoms with E-state index in [0.29, 0.717) is 19.0 Å². The lowest BCUT2D eigenvalue weighted by Gasteiger charge is -2.56. The Bertz CT molecular complexity index is 858. The Kier molecular flexibility index (Phi) is 4.96. The zero-order valence-electron chi connectivity index (χ0n) is 18.8. The minimum Gasteiger partial charge on any atom is -0.368 e. The summed E-state index contributed by atoms with van der Waals surface area (Å²) in [4.78, 5) is 33.5. The van der Waals surface area contributed by atoms with Crippen molar-refractivity contribution in [3.8, 4) is 0 Å². The van der Waals surface area contributed by atoms with E-state index >= 15 is 0 Å². The van der Waals surface area contributed by atoms with Gasteiger partial charge in [-0.3, -0.25) is 9.59 Å². The lowest BCUT2D eigenvalue weighted by molar-refractivity contribution is -0.162. The van der Waals surface area contributed by atoms with Gasteiger partial charge < -0.3 is 14.7 Å². The van der Waals surface area contributed by atoms with Crippen LogP contribution in [0.4, 0.5) is 10.1 Å². The van der Waals surface area contributed by atoms with Crippen LogP contribution in [0.5, 0.6) is 0 Å². The maximum atomic E-state index is 13.9. The summed E-state index contributed by atoms with van der Waals surface area (Å²) in [6.07, 6.45) is 8.90. The standard InChI is InChI=1S/C26H34FN3O2/c27-21-3-5-22(6-4-21)28-8-10-29(11-9-28)24(31)23-2-1-7-30(23)25(32)26-15-18-12-19(16-26)14-20(13-18)17-26/h3-6,18-20,23H,1-2,7-17H2. The van der Waals surface area contributed by atoms with Gasteiger partial charge in [0.2, 0.25) is 11.8 Å². The van der Waals surface area contributed by atoms with Crippen LogP contribution < -0.4 is 4.90 Å². The Morgan fingerprint density at radius 3 is 2.03 bits per heavy atom. The van der Waals surface area contributed by atoms with Crippen LogP contribution >= 0.6 is 0 Å². The zero-order valence-corrected chi connectivity index (χ0v) is 18.8. The molecule has 1 unspecified atom stereocenters. The lowest BCUT2D eigenvalue weighted by Crippen LogP contribution is -2.59. The van der Waals surface area contributed by atoms with Crippen molar-refractivity contribution < 1.29 is 14.0 Å². The second kappa shape index (κ2) is 7.74. The summed E-state index contributed by atoms with van der Waals surface area (Å²) in [6.45, 7) is 3.55. The molecule has 1 aromatic rings. The van der Waals surface area contributed by atoms with E-state index in [1.807, 2.05) is 9.80 Å². The molecule has 2 aliphatic heterocycles. The summed E-state index contributed by atoms with van der Waals surface area (Å²) in [7, 11) is 0. The van der Waals surface area contributed by atoms with Crippen LogP contribution in [0.1, 0.15) is 51.4 Å². The molecule has 1 aromatic carbocycles. The molecule has 6 heteroatoms. The second-order valence-corrected chi connectivity index (χ2v) is 11.1. The molecule has 4 bridgehead atoms. The third-order valence-corrected chi connectivity index (χ3v) is 9.07. The smallest absolute Gasteiger partial charge is 0.245 e. The van der Waals surface area contributed by atoms with Crippen molar-refractivity contribution in [1.82, 2.24) is 9.80 Å². The fraction of sp³-hybridized carbons (Fsp3) is 0.692. The predicted molar refractivity (Wildman–Crippen MR) is 121 cm³/mol. The number of hydrogen-bond acceptors (Lipinski definition) is 3. The Morgan fingerprint density at radius 2 is 1.44 bits per heavy atom. The Hall–Kier alpha value is -2.11. The molecule has 2 amide bonds. The normalized spacial score (nSPS) is 36.1. The molecule has 0 N–H and O–H groups in total. The molecule has 4 saturated carbocycles. The van der Waals surface area contributed by atoms with Gasteiger partial charge in [0.05, 0.1) is 5.41 Å². The summed E-state index contributed by atoms with van der Waals surface area (Å²) in [6, 6.07) is 6.30. The minimum atomic E-state index is -0.270. The third-order valence-electron chi connectivity index (χ3n) is 9.07. The predicted octanol–water partition coefficient (Wildman–Crippen LogP) is 3.68. The van der Waals surface area contributed by atoms with Crippen molar-refractivity contribution in [2.24, 2.45) is 23.2 Å². The molecule has 32 heavy (non-hydrogen) atoms. The molecule has 0 aromatic heterocycles. The SMILES string of the molecule is O=C(C1CCCN1C(=O)C12CC3CC(CC(C3)C1)C2)N1CCN(c2ccc(F)cc2)CC1. The minimum absolute atomic E-state index is 0.138. The van der Waals surface area contributed by atoms with Gasteiger partial charge in [-0.25, -0.2) is 4.39 Å². The average Bonchev–Trinajstić information content (AvgIpc) is 3.27. The summed E-state index contributed by atoms with van der Waals surface area (Å²) < 4.78 is 13.2. The van der Waals surface area contributed by atoms with Crippen LogP contribution in [0.25, 0.3) is 0 Å². The molecule has 4 aliphatic carbocycles. The highest BCUT2D eigenvalue weighted by molar-refractivity contribution is 5.91. The van der Waals surface area contributed by atoms with Crippen LogP contribution in [0.2, 0.25) is 0 Å². The van der Waals surface area contributed by atoms with Crippen molar-refractivity contribution in [1.29, 1.82) is 0 Å². The summed E-state index contributed by atoms with van der Waals surface area (Å²) >= 11 is 0. The van der Waals surface area contributed by atoms with Gasteiger partial charge in [-0.05, 0) is 93.4 Å². The van der Waals surface area contributed by atoms with Crippen molar-refractivity contribution >= 4 is 17.5 Å². The van der Waals surface area contributed by atoms with Gasteiger partial charge in [-0.1, -0.05) is 0 Å². The van der Waals surface area contributed by atoms with Crippen molar-refractivity contribution in [3.05, 3.63) is 30.1 Å². The number of nitrogens with zero attached hydrogens (tertiary/aromatic N) is 3. The summed E-state index contributed by atoms with van der Waals surface area (Å²) in [5.74, 6) is 2.42. The Labute approximate surface area is 189 Å². The number of hydrogen-bond donors (Lipinski definition) is 0. The molecular formula is C26H34FN3O2. The molecule has 2 heterocycles. The van der Waals surface area contributed by atoms with Crippen LogP contribution in [-0.2, 0) is 9.59 Å². The second-order valence-electron chi connectivity index (χ2n) is 11.1. The van der Waals surface area contributed by atoms with Gasteiger partial charge in [0, 0.05) is 38.4 Å². The fourth-order valence-electron chi connectivity index (χ4n) is 7.99. The molecule has 172 valence electrons. The van der Waals surface area contributed by atoms with Crippen LogP contribution in [-0.4, -0.2) is 60.4 Å². The molecule has 1 atom stereocenters. The topological polar surface area (TPSA) is 43.9 Å². The van der Waals surface area contributed by atoms with E-state index in [9.17, 15) is 14.0 Å².